The van der Waals surface area contributed by atoms with Gasteiger partial charge in [0.2, 0.25) is 0 Å². The molecule has 0 aliphatic heterocycles. The number of aromatic carboxylic acids is 1. The van der Waals surface area contributed by atoms with Crippen LogP contribution in [-0.2, 0) is 4.79 Å². The van der Waals surface area contributed by atoms with Gasteiger partial charge < -0.3 is 5.11 Å². The van der Waals surface area contributed by atoms with E-state index in [-0.39, 0.29) is 16.4 Å². The standard InChI is InChI=1S/C12H8F2O3S/c1-7(15)18-4-2-3-8-5-10(13)11(14)6-9(8)12(16)17/h5-6H,4H2,1H3,(H,16,17). The Morgan fingerprint density at radius 2 is 1.94 bits per heavy atom. The van der Waals surface area contributed by atoms with Crippen molar-refractivity contribution in [3.05, 3.63) is 34.9 Å². The lowest BCUT2D eigenvalue weighted by atomic mass is 10.1. The molecule has 1 aromatic rings. The predicted octanol–water partition coefficient (Wildman–Crippen LogP) is 2.29. The third-order valence-electron chi connectivity index (χ3n) is 1.86. The Bertz CT molecular complexity index is 558. The van der Waals surface area contributed by atoms with Gasteiger partial charge in [0.15, 0.2) is 16.7 Å². The van der Waals surface area contributed by atoms with Crippen molar-refractivity contribution in [2.45, 2.75) is 6.92 Å². The minimum Gasteiger partial charge on any atom is -0.478 e. The van der Waals surface area contributed by atoms with E-state index in [1.165, 1.54) is 6.92 Å². The number of hydrogen-bond acceptors (Lipinski definition) is 3. The number of halogens is 2. The largest absolute Gasteiger partial charge is 0.478 e. The molecule has 94 valence electrons. The fourth-order valence-electron chi connectivity index (χ4n) is 1.10. The first-order valence-electron chi connectivity index (χ1n) is 4.76. The normalized spacial score (nSPS) is 9.50. The third kappa shape index (κ3) is 3.86. The second-order valence-electron chi connectivity index (χ2n) is 3.20. The van der Waals surface area contributed by atoms with E-state index < -0.39 is 23.2 Å². The summed E-state index contributed by atoms with van der Waals surface area (Å²) < 4.78 is 25.8. The summed E-state index contributed by atoms with van der Waals surface area (Å²) in [6.45, 7) is 1.37. The molecule has 0 aliphatic carbocycles. The van der Waals surface area contributed by atoms with Crippen LogP contribution in [0.5, 0.6) is 0 Å². The Labute approximate surface area is 106 Å². The first kappa shape index (κ1) is 14.2. The van der Waals surface area contributed by atoms with Gasteiger partial charge in [0, 0.05) is 12.5 Å². The molecule has 0 saturated heterocycles. The highest BCUT2D eigenvalue weighted by atomic mass is 32.2. The number of carboxylic acid groups (broad SMARTS) is 1. The van der Waals surface area contributed by atoms with Gasteiger partial charge >= 0.3 is 5.97 Å². The zero-order valence-corrected chi connectivity index (χ0v) is 10.1. The van der Waals surface area contributed by atoms with E-state index in [1.807, 2.05) is 0 Å². The Balaban J connectivity index is 3.03. The van der Waals surface area contributed by atoms with Crippen molar-refractivity contribution in [2.24, 2.45) is 0 Å². The fraction of sp³-hybridized carbons (Fsp3) is 0.167. The highest BCUT2D eigenvalue weighted by molar-refractivity contribution is 8.13. The molecule has 0 amide bonds. The van der Waals surface area contributed by atoms with E-state index in [9.17, 15) is 18.4 Å². The van der Waals surface area contributed by atoms with E-state index in [0.717, 1.165) is 17.8 Å². The summed E-state index contributed by atoms with van der Waals surface area (Å²) in [7, 11) is 0. The number of thioether (sulfide) groups is 1. The van der Waals surface area contributed by atoms with Gasteiger partial charge in [-0.05, 0) is 12.1 Å². The molecular weight excluding hydrogens is 262 g/mol. The molecule has 1 N–H and O–H groups in total. The number of benzene rings is 1. The van der Waals surface area contributed by atoms with Crippen LogP contribution in [0.25, 0.3) is 0 Å². The molecule has 0 bridgehead atoms. The van der Waals surface area contributed by atoms with Crippen molar-refractivity contribution < 1.29 is 23.5 Å². The predicted molar refractivity (Wildman–Crippen MR) is 63.3 cm³/mol. The summed E-state index contributed by atoms with van der Waals surface area (Å²) in [6, 6.07) is 1.31. The third-order valence-corrected chi connectivity index (χ3v) is 2.56. The first-order chi connectivity index (χ1) is 8.41. The van der Waals surface area contributed by atoms with Crippen molar-refractivity contribution in [2.75, 3.05) is 5.75 Å². The highest BCUT2D eigenvalue weighted by Gasteiger charge is 2.13. The Kier molecular flexibility index (Phi) is 4.86. The Morgan fingerprint density at radius 3 is 2.50 bits per heavy atom. The maximum Gasteiger partial charge on any atom is 0.337 e. The molecule has 0 aromatic heterocycles. The summed E-state index contributed by atoms with van der Waals surface area (Å²) in [5.74, 6) is 1.29. The van der Waals surface area contributed by atoms with Gasteiger partial charge in [-0.1, -0.05) is 23.6 Å². The lowest BCUT2D eigenvalue weighted by molar-refractivity contribution is -0.109. The lowest BCUT2D eigenvalue weighted by Crippen LogP contribution is -2.02. The zero-order valence-electron chi connectivity index (χ0n) is 9.29. The van der Waals surface area contributed by atoms with Crippen molar-refractivity contribution >= 4 is 22.8 Å². The molecule has 3 nitrogen and oxygen atoms in total. The van der Waals surface area contributed by atoms with Gasteiger partial charge in [-0.3, -0.25) is 4.79 Å². The first-order valence-corrected chi connectivity index (χ1v) is 5.75. The van der Waals surface area contributed by atoms with Crippen LogP contribution in [0, 0.1) is 23.5 Å². The molecule has 0 radical (unpaired) electrons. The summed E-state index contributed by atoms with van der Waals surface area (Å²) in [6.07, 6.45) is 0. The molecule has 0 atom stereocenters. The Morgan fingerprint density at radius 1 is 1.33 bits per heavy atom. The fourth-order valence-corrected chi connectivity index (χ4v) is 1.44. The van der Waals surface area contributed by atoms with E-state index >= 15 is 0 Å². The summed E-state index contributed by atoms with van der Waals surface area (Å²) in [5, 5.41) is 8.68. The van der Waals surface area contributed by atoms with Crippen LogP contribution < -0.4 is 0 Å². The number of carboxylic acids is 1. The molecule has 6 heteroatoms. The van der Waals surface area contributed by atoms with Gasteiger partial charge in [0.25, 0.3) is 0 Å². The molecule has 0 heterocycles. The summed E-state index contributed by atoms with van der Waals surface area (Å²) in [5.41, 5.74) is -0.528. The van der Waals surface area contributed by atoms with Crippen LogP contribution >= 0.6 is 11.8 Å². The van der Waals surface area contributed by atoms with Gasteiger partial charge in [0.05, 0.1) is 11.3 Å². The molecular formula is C12H8F2O3S. The number of carbonyl (C=O) groups excluding carboxylic acids is 1. The maximum absolute atomic E-state index is 13.0. The van der Waals surface area contributed by atoms with Gasteiger partial charge in [-0.15, -0.1) is 0 Å². The number of rotatable bonds is 2. The Hall–Kier alpha value is -1.87. The SMILES string of the molecule is CC(=O)SCC#Cc1cc(F)c(F)cc1C(=O)O. The number of hydrogen-bond donors (Lipinski definition) is 1. The summed E-state index contributed by atoms with van der Waals surface area (Å²) in [4.78, 5) is 21.4. The van der Waals surface area contributed by atoms with Crippen molar-refractivity contribution in [1.82, 2.24) is 0 Å². The van der Waals surface area contributed by atoms with Crippen molar-refractivity contribution in [3.63, 3.8) is 0 Å². The monoisotopic (exact) mass is 270 g/mol. The molecule has 1 rings (SSSR count). The lowest BCUT2D eigenvalue weighted by Gasteiger charge is -2.00. The van der Waals surface area contributed by atoms with E-state index in [2.05, 4.69) is 11.8 Å². The van der Waals surface area contributed by atoms with Gasteiger partial charge in [-0.25, -0.2) is 13.6 Å². The van der Waals surface area contributed by atoms with Crippen LogP contribution in [0.15, 0.2) is 12.1 Å². The second kappa shape index (κ2) is 6.17. The van der Waals surface area contributed by atoms with Crippen LogP contribution in [-0.4, -0.2) is 21.9 Å². The van der Waals surface area contributed by atoms with Crippen molar-refractivity contribution in [3.8, 4) is 11.8 Å². The molecule has 0 fully saturated rings. The molecule has 0 saturated carbocycles. The smallest absolute Gasteiger partial charge is 0.337 e. The average molecular weight is 270 g/mol. The highest BCUT2D eigenvalue weighted by Crippen LogP contribution is 2.14. The van der Waals surface area contributed by atoms with E-state index in [0.29, 0.717) is 6.07 Å². The topological polar surface area (TPSA) is 54.4 Å². The van der Waals surface area contributed by atoms with E-state index in [4.69, 9.17) is 5.11 Å². The average Bonchev–Trinajstić information content (AvgIpc) is 2.28. The van der Waals surface area contributed by atoms with E-state index in [1.54, 1.807) is 0 Å². The van der Waals surface area contributed by atoms with Crippen LogP contribution in [0.3, 0.4) is 0 Å². The second-order valence-corrected chi connectivity index (χ2v) is 4.35. The maximum atomic E-state index is 13.0. The molecule has 0 spiro atoms. The van der Waals surface area contributed by atoms with Crippen LogP contribution in [0.4, 0.5) is 8.78 Å². The zero-order chi connectivity index (χ0) is 13.7. The summed E-state index contributed by atoms with van der Waals surface area (Å²) >= 11 is 0.944. The van der Waals surface area contributed by atoms with Crippen LogP contribution in [0.2, 0.25) is 0 Å². The molecule has 0 aliphatic rings. The quantitative estimate of drug-likeness (QED) is 0.838. The van der Waals surface area contributed by atoms with Crippen LogP contribution in [0.1, 0.15) is 22.8 Å². The van der Waals surface area contributed by atoms with Crippen molar-refractivity contribution in [1.29, 1.82) is 0 Å². The minimum atomic E-state index is -1.39. The number of carbonyl (C=O) groups is 2. The molecule has 18 heavy (non-hydrogen) atoms. The van der Waals surface area contributed by atoms with Gasteiger partial charge in [0.1, 0.15) is 0 Å². The van der Waals surface area contributed by atoms with Gasteiger partial charge in [-0.2, -0.15) is 0 Å². The minimum absolute atomic E-state index is 0.120. The molecule has 0 unspecified atom stereocenters. The molecule has 1 aromatic carbocycles.